The zero-order valence-corrected chi connectivity index (χ0v) is 14.1. The van der Waals surface area contributed by atoms with Crippen molar-refractivity contribution in [2.45, 2.75) is 40.2 Å². The molecule has 0 unspecified atom stereocenters. The molecular formula is C19H25NO3. The van der Waals surface area contributed by atoms with E-state index in [9.17, 15) is 9.90 Å². The number of benzene rings is 1. The van der Waals surface area contributed by atoms with Crippen molar-refractivity contribution < 1.29 is 9.52 Å². The van der Waals surface area contributed by atoms with Crippen molar-refractivity contribution in [2.24, 2.45) is 11.8 Å². The van der Waals surface area contributed by atoms with Gasteiger partial charge < -0.3 is 9.52 Å². The smallest absolute Gasteiger partial charge is 0.336 e. The molecule has 0 bridgehead atoms. The van der Waals surface area contributed by atoms with E-state index in [0.29, 0.717) is 17.4 Å². The predicted octanol–water partition coefficient (Wildman–Crippen LogP) is 3.54. The normalized spacial score (nSPS) is 22.6. The van der Waals surface area contributed by atoms with Crippen LogP contribution in [0.2, 0.25) is 0 Å². The van der Waals surface area contributed by atoms with E-state index in [4.69, 9.17) is 4.42 Å². The van der Waals surface area contributed by atoms with E-state index in [0.717, 1.165) is 42.6 Å². The summed E-state index contributed by atoms with van der Waals surface area (Å²) in [6.45, 7) is 9.45. The SMILES string of the molecule is CCc1cc2c(CN3C[C@H](C)C[C@H](C)C3)cc(=O)oc2cc1O. The van der Waals surface area contributed by atoms with E-state index in [1.54, 1.807) is 12.1 Å². The predicted molar refractivity (Wildman–Crippen MR) is 91.7 cm³/mol. The lowest BCUT2D eigenvalue weighted by molar-refractivity contribution is 0.134. The Morgan fingerprint density at radius 3 is 2.52 bits per heavy atom. The van der Waals surface area contributed by atoms with E-state index in [1.807, 2.05) is 13.0 Å². The average molecular weight is 315 g/mol. The summed E-state index contributed by atoms with van der Waals surface area (Å²) >= 11 is 0. The van der Waals surface area contributed by atoms with Gasteiger partial charge in [-0.15, -0.1) is 0 Å². The maximum absolute atomic E-state index is 11.9. The first kappa shape index (κ1) is 16.1. The zero-order valence-electron chi connectivity index (χ0n) is 14.1. The summed E-state index contributed by atoms with van der Waals surface area (Å²) in [6.07, 6.45) is 2.01. The number of phenolic OH excluding ortho intramolecular Hbond substituents is 1. The van der Waals surface area contributed by atoms with Gasteiger partial charge in [-0.1, -0.05) is 20.8 Å². The molecule has 0 radical (unpaired) electrons. The van der Waals surface area contributed by atoms with Gasteiger partial charge in [-0.25, -0.2) is 4.79 Å². The number of hydrogen-bond donors (Lipinski definition) is 1. The number of piperidine rings is 1. The molecule has 1 aromatic carbocycles. The van der Waals surface area contributed by atoms with Gasteiger partial charge in [0.25, 0.3) is 0 Å². The summed E-state index contributed by atoms with van der Waals surface area (Å²) in [7, 11) is 0. The lowest BCUT2D eigenvalue weighted by Crippen LogP contribution is -2.38. The third-order valence-electron chi connectivity index (χ3n) is 4.75. The number of rotatable bonds is 3. The molecule has 1 N–H and O–H groups in total. The van der Waals surface area contributed by atoms with Gasteiger partial charge in [0.05, 0.1) is 0 Å². The van der Waals surface area contributed by atoms with Crippen LogP contribution in [0.5, 0.6) is 5.75 Å². The highest BCUT2D eigenvalue weighted by molar-refractivity contribution is 5.82. The van der Waals surface area contributed by atoms with Crippen LogP contribution in [0.3, 0.4) is 0 Å². The van der Waals surface area contributed by atoms with Crippen molar-refractivity contribution in [3.05, 3.63) is 39.7 Å². The van der Waals surface area contributed by atoms with E-state index in [-0.39, 0.29) is 11.4 Å². The molecule has 1 fully saturated rings. The molecule has 1 aromatic heterocycles. The summed E-state index contributed by atoms with van der Waals surface area (Å²) < 4.78 is 5.28. The van der Waals surface area contributed by atoms with Crippen LogP contribution in [0.15, 0.2) is 27.4 Å². The Morgan fingerprint density at radius 1 is 1.17 bits per heavy atom. The first-order valence-corrected chi connectivity index (χ1v) is 8.47. The van der Waals surface area contributed by atoms with E-state index < -0.39 is 0 Å². The minimum atomic E-state index is -0.353. The van der Waals surface area contributed by atoms with Gasteiger partial charge in [0.2, 0.25) is 0 Å². The molecular weight excluding hydrogens is 290 g/mol. The molecule has 4 nitrogen and oxygen atoms in total. The van der Waals surface area contributed by atoms with Gasteiger partial charge in [0.1, 0.15) is 11.3 Å². The van der Waals surface area contributed by atoms with Crippen LogP contribution in [0.4, 0.5) is 0 Å². The van der Waals surface area contributed by atoms with Crippen LogP contribution >= 0.6 is 0 Å². The first-order valence-electron chi connectivity index (χ1n) is 8.47. The minimum absolute atomic E-state index is 0.195. The van der Waals surface area contributed by atoms with Gasteiger partial charge in [0, 0.05) is 37.2 Å². The third-order valence-corrected chi connectivity index (χ3v) is 4.75. The summed E-state index contributed by atoms with van der Waals surface area (Å²) in [4.78, 5) is 14.3. The second kappa shape index (κ2) is 6.36. The van der Waals surface area contributed by atoms with Crippen molar-refractivity contribution >= 4 is 11.0 Å². The summed E-state index contributed by atoms with van der Waals surface area (Å²) in [5.41, 5.74) is 2.00. The highest BCUT2D eigenvalue weighted by Crippen LogP contribution is 2.29. The monoisotopic (exact) mass is 315 g/mol. The fourth-order valence-electron chi connectivity index (χ4n) is 3.88. The van der Waals surface area contributed by atoms with Gasteiger partial charge in [-0.05, 0) is 41.9 Å². The van der Waals surface area contributed by atoms with Gasteiger partial charge in [0.15, 0.2) is 0 Å². The van der Waals surface area contributed by atoms with E-state index in [1.165, 1.54) is 6.42 Å². The average Bonchev–Trinajstić information content (AvgIpc) is 2.45. The van der Waals surface area contributed by atoms with Crippen molar-refractivity contribution in [1.29, 1.82) is 0 Å². The third kappa shape index (κ3) is 3.42. The maximum Gasteiger partial charge on any atom is 0.336 e. The van der Waals surface area contributed by atoms with E-state index >= 15 is 0 Å². The number of nitrogens with zero attached hydrogens (tertiary/aromatic N) is 1. The highest BCUT2D eigenvalue weighted by atomic mass is 16.4. The lowest BCUT2D eigenvalue weighted by atomic mass is 9.91. The fraction of sp³-hybridized carbons (Fsp3) is 0.526. The second-order valence-electron chi connectivity index (χ2n) is 7.06. The van der Waals surface area contributed by atoms with E-state index in [2.05, 4.69) is 18.7 Å². The van der Waals surface area contributed by atoms with Gasteiger partial charge in [-0.3, -0.25) is 4.90 Å². The number of likely N-dealkylation sites (tertiary alicyclic amines) is 1. The fourth-order valence-corrected chi connectivity index (χ4v) is 3.88. The van der Waals surface area contributed by atoms with Gasteiger partial charge >= 0.3 is 5.63 Å². The molecule has 2 heterocycles. The second-order valence-corrected chi connectivity index (χ2v) is 7.06. The van der Waals surface area contributed by atoms with Crippen LogP contribution < -0.4 is 5.63 Å². The topological polar surface area (TPSA) is 53.7 Å². The zero-order chi connectivity index (χ0) is 16.6. The number of phenols is 1. The Kier molecular flexibility index (Phi) is 4.44. The number of hydrogen-bond acceptors (Lipinski definition) is 4. The molecule has 2 aromatic rings. The van der Waals surface area contributed by atoms with Crippen molar-refractivity contribution in [3.8, 4) is 5.75 Å². The highest BCUT2D eigenvalue weighted by Gasteiger charge is 2.22. The standard InChI is InChI=1S/C19H25NO3/c1-4-14-6-16-15(7-19(22)23-18(16)8-17(14)21)11-20-9-12(2)5-13(3)10-20/h6-8,12-13,21H,4-5,9-11H2,1-3H3/t12-,13+. The van der Waals surface area contributed by atoms with Crippen LogP contribution in [0, 0.1) is 11.8 Å². The molecule has 0 amide bonds. The molecule has 0 spiro atoms. The van der Waals surface area contributed by atoms with Crippen molar-refractivity contribution in [1.82, 2.24) is 4.90 Å². The van der Waals surface area contributed by atoms with Crippen molar-refractivity contribution in [2.75, 3.05) is 13.1 Å². The Hall–Kier alpha value is -1.81. The molecule has 23 heavy (non-hydrogen) atoms. The molecule has 1 aliphatic heterocycles. The Morgan fingerprint density at radius 2 is 1.87 bits per heavy atom. The van der Waals surface area contributed by atoms with Gasteiger partial charge in [-0.2, -0.15) is 0 Å². The molecule has 1 saturated heterocycles. The quantitative estimate of drug-likeness (QED) is 0.880. The molecule has 3 rings (SSSR count). The lowest BCUT2D eigenvalue weighted by Gasteiger charge is -2.35. The van der Waals surface area contributed by atoms with Crippen LogP contribution in [0.25, 0.3) is 11.0 Å². The molecule has 0 aliphatic carbocycles. The number of aryl methyl sites for hydroxylation is 1. The number of aromatic hydroxyl groups is 1. The first-order chi connectivity index (χ1) is 11.0. The van der Waals surface area contributed by atoms with Crippen LogP contribution in [-0.2, 0) is 13.0 Å². The van der Waals surface area contributed by atoms with Crippen molar-refractivity contribution in [3.63, 3.8) is 0 Å². The molecule has 124 valence electrons. The Bertz CT molecular complexity index is 755. The van der Waals surface area contributed by atoms with Crippen LogP contribution in [0.1, 0.15) is 38.3 Å². The Labute approximate surface area is 136 Å². The largest absolute Gasteiger partial charge is 0.508 e. The maximum atomic E-state index is 11.9. The molecule has 2 atom stereocenters. The Balaban J connectivity index is 2.00. The summed E-state index contributed by atoms with van der Waals surface area (Å²) in [5, 5.41) is 10.9. The molecule has 0 saturated carbocycles. The molecule has 4 heteroatoms. The molecule has 1 aliphatic rings. The van der Waals surface area contributed by atoms with Crippen LogP contribution in [-0.4, -0.2) is 23.1 Å². The summed E-state index contributed by atoms with van der Waals surface area (Å²) in [5.74, 6) is 1.56. The minimum Gasteiger partial charge on any atom is -0.508 e. The number of fused-ring (bicyclic) bond motifs is 1. The summed E-state index contributed by atoms with van der Waals surface area (Å²) in [6, 6.07) is 5.13.